The SMILES string of the molecule is Cc1nc2ccc(C#CC3CCCC3C)cc2nc1C. The normalized spacial score (nSPS) is 21.8. The van der Waals surface area contributed by atoms with Crippen molar-refractivity contribution in [2.75, 3.05) is 0 Å². The molecular weight excluding hydrogens is 244 g/mol. The molecule has 0 N–H and O–H groups in total. The Morgan fingerprint density at radius 1 is 1.05 bits per heavy atom. The summed E-state index contributed by atoms with van der Waals surface area (Å²) in [4.78, 5) is 9.16. The summed E-state index contributed by atoms with van der Waals surface area (Å²) in [5.41, 5.74) is 4.93. The lowest BCUT2D eigenvalue weighted by Gasteiger charge is -2.06. The molecule has 1 fully saturated rings. The summed E-state index contributed by atoms with van der Waals surface area (Å²) in [6.45, 7) is 6.31. The number of nitrogens with zero attached hydrogens (tertiary/aromatic N) is 2. The summed E-state index contributed by atoms with van der Waals surface area (Å²) in [6.07, 6.45) is 3.89. The van der Waals surface area contributed by atoms with Crippen LogP contribution in [0.1, 0.15) is 43.1 Å². The Balaban J connectivity index is 1.93. The largest absolute Gasteiger partial charge is 0.250 e. The summed E-state index contributed by atoms with van der Waals surface area (Å²) in [5.74, 6) is 8.08. The van der Waals surface area contributed by atoms with Gasteiger partial charge in [-0.2, -0.15) is 0 Å². The van der Waals surface area contributed by atoms with E-state index in [4.69, 9.17) is 0 Å². The number of rotatable bonds is 0. The third-order valence-electron chi connectivity index (χ3n) is 4.34. The van der Waals surface area contributed by atoms with Gasteiger partial charge in [0.2, 0.25) is 0 Å². The Labute approximate surface area is 120 Å². The van der Waals surface area contributed by atoms with Gasteiger partial charge < -0.3 is 0 Å². The highest BCUT2D eigenvalue weighted by Gasteiger charge is 2.20. The fourth-order valence-electron chi connectivity index (χ4n) is 2.84. The van der Waals surface area contributed by atoms with Crippen molar-refractivity contribution in [2.24, 2.45) is 11.8 Å². The second-order valence-electron chi connectivity index (χ2n) is 5.88. The zero-order valence-corrected chi connectivity index (χ0v) is 12.4. The second kappa shape index (κ2) is 5.25. The first kappa shape index (κ1) is 13.1. The number of aromatic nitrogens is 2. The molecule has 20 heavy (non-hydrogen) atoms. The van der Waals surface area contributed by atoms with Crippen molar-refractivity contribution in [1.29, 1.82) is 0 Å². The molecule has 1 aliphatic rings. The molecule has 1 aromatic carbocycles. The van der Waals surface area contributed by atoms with E-state index >= 15 is 0 Å². The quantitative estimate of drug-likeness (QED) is 0.671. The molecule has 0 saturated heterocycles. The summed E-state index contributed by atoms with van der Waals surface area (Å²) in [6, 6.07) is 6.14. The van der Waals surface area contributed by atoms with Gasteiger partial charge in [0.05, 0.1) is 22.4 Å². The van der Waals surface area contributed by atoms with Crippen LogP contribution in [0.25, 0.3) is 11.0 Å². The maximum Gasteiger partial charge on any atom is 0.0902 e. The molecule has 2 aromatic rings. The van der Waals surface area contributed by atoms with Gasteiger partial charge in [-0.05, 0) is 50.8 Å². The van der Waals surface area contributed by atoms with Crippen LogP contribution in [0.4, 0.5) is 0 Å². The van der Waals surface area contributed by atoms with Crippen molar-refractivity contribution in [1.82, 2.24) is 9.97 Å². The first-order valence-electron chi connectivity index (χ1n) is 7.40. The fraction of sp³-hybridized carbons (Fsp3) is 0.444. The Morgan fingerprint density at radius 2 is 1.80 bits per heavy atom. The number of aryl methyl sites for hydroxylation is 2. The molecule has 0 amide bonds. The van der Waals surface area contributed by atoms with E-state index in [9.17, 15) is 0 Å². The van der Waals surface area contributed by atoms with Gasteiger partial charge in [0, 0.05) is 11.5 Å². The van der Waals surface area contributed by atoms with Crippen LogP contribution in [0.5, 0.6) is 0 Å². The van der Waals surface area contributed by atoms with Crippen molar-refractivity contribution in [3.8, 4) is 11.8 Å². The van der Waals surface area contributed by atoms with E-state index in [0.29, 0.717) is 5.92 Å². The van der Waals surface area contributed by atoms with Crippen molar-refractivity contribution in [2.45, 2.75) is 40.0 Å². The lowest BCUT2D eigenvalue weighted by Crippen LogP contribution is -1.99. The smallest absolute Gasteiger partial charge is 0.0902 e. The minimum atomic E-state index is 0.566. The van der Waals surface area contributed by atoms with Crippen LogP contribution in [0.2, 0.25) is 0 Å². The van der Waals surface area contributed by atoms with Gasteiger partial charge in [0.15, 0.2) is 0 Å². The molecule has 2 unspecified atom stereocenters. The van der Waals surface area contributed by atoms with E-state index in [-0.39, 0.29) is 0 Å². The van der Waals surface area contributed by atoms with E-state index in [1.165, 1.54) is 19.3 Å². The summed E-state index contributed by atoms with van der Waals surface area (Å²) < 4.78 is 0. The van der Waals surface area contributed by atoms with Crippen LogP contribution in [-0.2, 0) is 0 Å². The van der Waals surface area contributed by atoms with Gasteiger partial charge in [-0.25, -0.2) is 9.97 Å². The van der Waals surface area contributed by atoms with Crippen LogP contribution < -0.4 is 0 Å². The molecule has 2 atom stereocenters. The lowest BCUT2D eigenvalue weighted by atomic mass is 9.98. The molecule has 2 nitrogen and oxygen atoms in total. The number of fused-ring (bicyclic) bond motifs is 1. The molecule has 0 bridgehead atoms. The molecular formula is C18H20N2. The molecule has 1 heterocycles. The Kier molecular flexibility index (Phi) is 3.44. The first-order chi connectivity index (χ1) is 9.63. The fourth-order valence-corrected chi connectivity index (χ4v) is 2.84. The Morgan fingerprint density at radius 3 is 2.50 bits per heavy atom. The molecule has 0 radical (unpaired) electrons. The van der Waals surface area contributed by atoms with Crippen molar-refractivity contribution in [3.63, 3.8) is 0 Å². The third-order valence-corrected chi connectivity index (χ3v) is 4.34. The molecule has 1 aliphatic carbocycles. The van der Waals surface area contributed by atoms with Gasteiger partial charge in [-0.15, -0.1) is 0 Å². The van der Waals surface area contributed by atoms with Crippen LogP contribution in [-0.4, -0.2) is 9.97 Å². The van der Waals surface area contributed by atoms with Crippen molar-refractivity contribution >= 4 is 11.0 Å². The van der Waals surface area contributed by atoms with Gasteiger partial charge in [-0.3, -0.25) is 0 Å². The average Bonchev–Trinajstić information content (AvgIpc) is 2.83. The summed E-state index contributed by atoms with van der Waals surface area (Å²) >= 11 is 0. The molecule has 1 saturated carbocycles. The van der Waals surface area contributed by atoms with E-state index in [0.717, 1.165) is 33.9 Å². The topological polar surface area (TPSA) is 25.8 Å². The van der Waals surface area contributed by atoms with Gasteiger partial charge in [0.25, 0.3) is 0 Å². The van der Waals surface area contributed by atoms with Crippen LogP contribution in [0, 0.1) is 37.5 Å². The lowest BCUT2D eigenvalue weighted by molar-refractivity contribution is 0.519. The molecule has 1 aromatic heterocycles. The monoisotopic (exact) mass is 264 g/mol. The zero-order valence-electron chi connectivity index (χ0n) is 12.4. The van der Waals surface area contributed by atoms with Crippen LogP contribution in [0.3, 0.4) is 0 Å². The molecule has 3 rings (SSSR count). The maximum atomic E-state index is 4.60. The predicted molar refractivity (Wildman–Crippen MR) is 82.4 cm³/mol. The Hall–Kier alpha value is -1.88. The summed E-state index contributed by atoms with van der Waals surface area (Å²) in [5, 5.41) is 0. The van der Waals surface area contributed by atoms with Gasteiger partial charge in [0.1, 0.15) is 0 Å². The zero-order chi connectivity index (χ0) is 14.1. The average molecular weight is 264 g/mol. The molecule has 0 aliphatic heterocycles. The van der Waals surface area contributed by atoms with Crippen LogP contribution >= 0.6 is 0 Å². The number of hydrogen-bond acceptors (Lipinski definition) is 2. The van der Waals surface area contributed by atoms with Crippen LogP contribution in [0.15, 0.2) is 18.2 Å². The standard InChI is InChI=1S/C18H20N2/c1-12-5-4-6-16(12)9-7-15-8-10-17-18(11-15)20-14(3)13(2)19-17/h8,10-12,16H,4-6H2,1-3H3. The molecule has 0 spiro atoms. The van der Waals surface area contributed by atoms with E-state index in [1.54, 1.807) is 0 Å². The van der Waals surface area contributed by atoms with Crippen molar-refractivity contribution < 1.29 is 0 Å². The van der Waals surface area contributed by atoms with Gasteiger partial charge in [-0.1, -0.05) is 25.2 Å². The maximum absolute atomic E-state index is 4.60. The Bertz CT molecular complexity index is 706. The van der Waals surface area contributed by atoms with E-state index in [1.807, 2.05) is 19.9 Å². The summed E-state index contributed by atoms with van der Waals surface area (Å²) in [7, 11) is 0. The molecule has 102 valence electrons. The van der Waals surface area contributed by atoms with Gasteiger partial charge >= 0.3 is 0 Å². The highest BCUT2D eigenvalue weighted by molar-refractivity contribution is 5.76. The predicted octanol–water partition coefficient (Wildman–Crippen LogP) is 4.03. The third kappa shape index (κ3) is 2.54. The van der Waals surface area contributed by atoms with E-state index in [2.05, 4.69) is 40.9 Å². The minimum Gasteiger partial charge on any atom is -0.250 e. The first-order valence-corrected chi connectivity index (χ1v) is 7.40. The highest BCUT2D eigenvalue weighted by atomic mass is 14.8. The van der Waals surface area contributed by atoms with Crippen molar-refractivity contribution in [3.05, 3.63) is 35.2 Å². The van der Waals surface area contributed by atoms with E-state index < -0.39 is 0 Å². The number of hydrogen-bond donors (Lipinski definition) is 0. The second-order valence-corrected chi connectivity index (χ2v) is 5.88. The number of benzene rings is 1. The highest BCUT2D eigenvalue weighted by Crippen LogP contribution is 2.30. The molecule has 2 heteroatoms. The minimum absolute atomic E-state index is 0.566.